The molecule has 1 amide bonds. The minimum atomic E-state index is -0.295. The molecule has 1 aromatic rings. The van der Waals surface area contributed by atoms with Crippen LogP contribution >= 0.6 is 39.1 Å². The van der Waals surface area contributed by atoms with E-state index in [4.69, 9.17) is 23.2 Å². The molecule has 5 heteroatoms. The number of hydrogen-bond donors (Lipinski definition) is 1. The van der Waals surface area contributed by atoms with Gasteiger partial charge in [0, 0.05) is 10.4 Å². The van der Waals surface area contributed by atoms with Gasteiger partial charge in [-0.15, -0.1) is 11.6 Å². The van der Waals surface area contributed by atoms with Crippen molar-refractivity contribution in [2.45, 2.75) is 38.1 Å². The van der Waals surface area contributed by atoms with E-state index >= 15 is 0 Å². The molecule has 0 heterocycles. The number of alkyl halides is 1. The van der Waals surface area contributed by atoms with Crippen LogP contribution in [0, 0.1) is 5.92 Å². The van der Waals surface area contributed by atoms with E-state index in [1.165, 1.54) is 0 Å². The SMILES string of the molecule is CC1CCC(CCl)(NC(=O)c2cccc(Br)c2Cl)CC1. The summed E-state index contributed by atoms with van der Waals surface area (Å²) in [5, 5.41) is 3.55. The maximum atomic E-state index is 12.5. The summed E-state index contributed by atoms with van der Waals surface area (Å²) in [4.78, 5) is 12.5. The Morgan fingerprint density at radius 1 is 1.45 bits per heavy atom. The van der Waals surface area contributed by atoms with Crippen LogP contribution in [0.3, 0.4) is 0 Å². The Morgan fingerprint density at radius 2 is 2.10 bits per heavy atom. The molecule has 20 heavy (non-hydrogen) atoms. The zero-order valence-corrected chi connectivity index (χ0v) is 14.5. The molecule has 0 saturated heterocycles. The van der Waals surface area contributed by atoms with Gasteiger partial charge in [-0.2, -0.15) is 0 Å². The van der Waals surface area contributed by atoms with E-state index in [0.29, 0.717) is 22.4 Å². The van der Waals surface area contributed by atoms with Gasteiger partial charge in [0.15, 0.2) is 0 Å². The van der Waals surface area contributed by atoms with Crippen molar-refractivity contribution in [3.63, 3.8) is 0 Å². The van der Waals surface area contributed by atoms with Crippen LogP contribution in [0.4, 0.5) is 0 Å². The first-order chi connectivity index (χ1) is 9.47. The van der Waals surface area contributed by atoms with Crippen molar-refractivity contribution in [3.8, 4) is 0 Å². The first kappa shape index (κ1) is 16.1. The predicted octanol–water partition coefficient (Wildman–Crippen LogP) is 5.02. The van der Waals surface area contributed by atoms with E-state index in [-0.39, 0.29) is 11.4 Å². The number of carbonyl (C=O) groups excluding carboxylic acids is 1. The smallest absolute Gasteiger partial charge is 0.253 e. The second-order valence-electron chi connectivity index (χ2n) is 5.65. The maximum absolute atomic E-state index is 12.5. The van der Waals surface area contributed by atoms with Crippen LogP contribution in [0.5, 0.6) is 0 Å². The summed E-state index contributed by atoms with van der Waals surface area (Å²) in [5.41, 5.74) is 0.195. The lowest BCUT2D eigenvalue weighted by Gasteiger charge is -2.38. The minimum absolute atomic E-state index is 0.147. The molecule has 1 aliphatic carbocycles. The van der Waals surface area contributed by atoms with Crippen molar-refractivity contribution in [2.75, 3.05) is 5.88 Å². The molecule has 0 atom stereocenters. The molecular formula is C15H18BrCl2NO. The quantitative estimate of drug-likeness (QED) is 0.735. The van der Waals surface area contributed by atoms with E-state index in [9.17, 15) is 4.79 Å². The van der Waals surface area contributed by atoms with Crippen molar-refractivity contribution >= 4 is 45.0 Å². The van der Waals surface area contributed by atoms with Crippen LogP contribution in [0.15, 0.2) is 22.7 Å². The molecule has 2 rings (SSSR count). The summed E-state index contributed by atoms with van der Waals surface area (Å²) in [6, 6.07) is 5.36. The number of benzene rings is 1. The third-order valence-corrected chi connectivity index (χ3v) is 5.87. The highest BCUT2D eigenvalue weighted by molar-refractivity contribution is 9.10. The molecule has 0 bridgehead atoms. The summed E-state index contributed by atoms with van der Waals surface area (Å²) in [7, 11) is 0. The van der Waals surface area contributed by atoms with Gasteiger partial charge in [-0.1, -0.05) is 24.6 Å². The fraction of sp³-hybridized carbons (Fsp3) is 0.533. The third kappa shape index (κ3) is 3.49. The van der Waals surface area contributed by atoms with Crippen LogP contribution in [0.2, 0.25) is 5.02 Å². The standard InChI is InChI=1S/C15H18BrCl2NO/c1-10-5-7-15(9-17,8-6-10)19-14(20)11-3-2-4-12(16)13(11)18/h2-4,10H,5-9H2,1H3,(H,19,20). The molecular weight excluding hydrogens is 361 g/mol. The van der Waals surface area contributed by atoms with Gasteiger partial charge in [-0.3, -0.25) is 4.79 Å². The Kier molecular flexibility index (Phi) is 5.38. The van der Waals surface area contributed by atoms with Crippen LogP contribution in [-0.2, 0) is 0 Å². The number of halogens is 3. The van der Waals surface area contributed by atoms with Gasteiger partial charge in [0.2, 0.25) is 0 Å². The molecule has 1 aromatic carbocycles. The Balaban J connectivity index is 2.15. The summed E-state index contributed by atoms with van der Waals surface area (Å²) < 4.78 is 0.726. The lowest BCUT2D eigenvalue weighted by atomic mass is 9.78. The number of nitrogens with one attached hydrogen (secondary N) is 1. The van der Waals surface area contributed by atoms with Gasteiger partial charge in [0.05, 0.1) is 16.1 Å². The van der Waals surface area contributed by atoms with E-state index in [0.717, 1.165) is 30.2 Å². The molecule has 110 valence electrons. The van der Waals surface area contributed by atoms with E-state index in [1.807, 2.05) is 6.07 Å². The predicted molar refractivity (Wildman–Crippen MR) is 87.7 cm³/mol. The van der Waals surface area contributed by atoms with Gasteiger partial charge in [-0.05, 0) is 59.7 Å². The van der Waals surface area contributed by atoms with Gasteiger partial charge >= 0.3 is 0 Å². The van der Waals surface area contributed by atoms with Crippen LogP contribution in [0.1, 0.15) is 43.0 Å². The van der Waals surface area contributed by atoms with Gasteiger partial charge < -0.3 is 5.32 Å². The second-order valence-corrected chi connectivity index (χ2v) is 7.15. The van der Waals surface area contributed by atoms with E-state index in [1.54, 1.807) is 12.1 Å². The molecule has 0 aliphatic heterocycles. The molecule has 0 radical (unpaired) electrons. The van der Waals surface area contributed by atoms with Crippen molar-refractivity contribution < 1.29 is 4.79 Å². The van der Waals surface area contributed by atoms with Crippen molar-refractivity contribution in [1.29, 1.82) is 0 Å². The average molecular weight is 379 g/mol. The maximum Gasteiger partial charge on any atom is 0.253 e. The molecule has 0 spiro atoms. The lowest BCUT2D eigenvalue weighted by molar-refractivity contribution is 0.0872. The molecule has 0 aromatic heterocycles. The third-order valence-electron chi connectivity index (χ3n) is 4.06. The molecule has 0 unspecified atom stereocenters. The number of carbonyl (C=O) groups is 1. The molecule has 1 fully saturated rings. The summed E-state index contributed by atoms with van der Waals surface area (Å²) >= 11 is 15.6. The zero-order valence-electron chi connectivity index (χ0n) is 11.4. The molecule has 1 aliphatic rings. The number of amides is 1. The molecule has 1 saturated carbocycles. The second kappa shape index (κ2) is 6.67. The van der Waals surface area contributed by atoms with Crippen molar-refractivity contribution in [2.24, 2.45) is 5.92 Å². The lowest BCUT2D eigenvalue weighted by Crippen LogP contribution is -2.52. The summed E-state index contributed by atoms with van der Waals surface area (Å²) in [6.45, 7) is 2.24. The molecule has 1 N–H and O–H groups in total. The fourth-order valence-electron chi connectivity index (χ4n) is 2.59. The Bertz CT molecular complexity index is 499. The number of hydrogen-bond acceptors (Lipinski definition) is 1. The summed E-state index contributed by atoms with van der Waals surface area (Å²) in [6.07, 6.45) is 4.04. The fourth-order valence-corrected chi connectivity index (χ4v) is 3.51. The number of rotatable bonds is 3. The Morgan fingerprint density at radius 3 is 2.70 bits per heavy atom. The van der Waals surface area contributed by atoms with E-state index in [2.05, 4.69) is 28.2 Å². The first-order valence-corrected chi connectivity index (χ1v) is 8.50. The first-order valence-electron chi connectivity index (χ1n) is 6.80. The molecule has 2 nitrogen and oxygen atoms in total. The van der Waals surface area contributed by atoms with Crippen LogP contribution in [0.25, 0.3) is 0 Å². The largest absolute Gasteiger partial charge is 0.345 e. The van der Waals surface area contributed by atoms with Gasteiger partial charge in [-0.25, -0.2) is 0 Å². The van der Waals surface area contributed by atoms with E-state index < -0.39 is 0 Å². The van der Waals surface area contributed by atoms with Crippen LogP contribution < -0.4 is 5.32 Å². The topological polar surface area (TPSA) is 29.1 Å². The van der Waals surface area contributed by atoms with Crippen molar-refractivity contribution in [3.05, 3.63) is 33.3 Å². The van der Waals surface area contributed by atoms with Crippen molar-refractivity contribution in [1.82, 2.24) is 5.32 Å². The Labute approximate surface area is 138 Å². The van der Waals surface area contributed by atoms with Crippen LogP contribution in [-0.4, -0.2) is 17.3 Å². The van der Waals surface area contributed by atoms with Gasteiger partial charge in [0.25, 0.3) is 5.91 Å². The Hall–Kier alpha value is -0.250. The van der Waals surface area contributed by atoms with Gasteiger partial charge in [0.1, 0.15) is 0 Å². The summed E-state index contributed by atoms with van der Waals surface area (Å²) in [5.74, 6) is 1.00. The highest BCUT2D eigenvalue weighted by Crippen LogP contribution is 2.34. The highest BCUT2D eigenvalue weighted by Gasteiger charge is 2.35. The normalized spacial score (nSPS) is 26.3. The highest BCUT2D eigenvalue weighted by atomic mass is 79.9. The minimum Gasteiger partial charge on any atom is -0.345 e. The monoisotopic (exact) mass is 377 g/mol. The average Bonchev–Trinajstić information content (AvgIpc) is 2.44. The zero-order chi connectivity index (χ0) is 14.8.